The van der Waals surface area contributed by atoms with E-state index in [9.17, 15) is 31.1 Å². The fourth-order valence-electron chi connectivity index (χ4n) is 5.00. The van der Waals surface area contributed by atoms with Gasteiger partial charge in [-0.1, -0.05) is 30.3 Å². The summed E-state index contributed by atoms with van der Waals surface area (Å²) in [5, 5.41) is 3.81. The predicted molar refractivity (Wildman–Crippen MR) is 121 cm³/mol. The lowest BCUT2D eigenvalue weighted by Crippen LogP contribution is -2.52. The van der Waals surface area contributed by atoms with Crippen LogP contribution in [0.25, 0.3) is 0 Å². The molecule has 196 valence electrons. The van der Waals surface area contributed by atoms with Gasteiger partial charge in [-0.2, -0.15) is 26.3 Å². The molecule has 2 fully saturated rings. The molecule has 0 radical (unpaired) electrons. The van der Waals surface area contributed by atoms with Crippen LogP contribution in [0.5, 0.6) is 0 Å². The third-order valence-corrected chi connectivity index (χ3v) is 7.16. The van der Waals surface area contributed by atoms with E-state index in [2.05, 4.69) is 0 Å². The molecule has 0 bridgehead atoms. The number of rotatable bonds is 6. The van der Waals surface area contributed by atoms with Gasteiger partial charge in [0.25, 0.3) is 0 Å². The molecule has 4 rings (SSSR count). The summed E-state index contributed by atoms with van der Waals surface area (Å²) in [6.07, 6.45) is -8.23. The van der Waals surface area contributed by atoms with Crippen molar-refractivity contribution < 1.29 is 35.9 Å². The smallest absolute Gasteiger partial charge is 0.373 e. The summed E-state index contributed by atoms with van der Waals surface area (Å²) in [4.78, 5) is 12.2. The fraction of sp³-hybridized carbons (Fsp3) is 0.500. The largest absolute Gasteiger partial charge is 0.416 e. The van der Waals surface area contributed by atoms with Gasteiger partial charge < -0.3 is 4.74 Å². The maximum absolute atomic E-state index is 13.3. The zero-order chi connectivity index (χ0) is 26.1. The minimum Gasteiger partial charge on any atom is -0.373 e. The highest BCUT2D eigenvalue weighted by Gasteiger charge is 2.41. The Balaban J connectivity index is 1.55. The number of hydrazine groups is 1. The van der Waals surface area contributed by atoms with Crippen molar-refractivity contribution in [2.24, 2.45) is 0 Å². The molecular weight excluding hydrogens is 486 g/mol. The van der Waals surface area contributed by atoms with Crippen LogP contribution in [0.3, 0.4) is 0 Å². The van der Waals surface area contributed by atoms with E-state index >= 15 is 0 Å². The zero-order valence-corrected chi connectivity index (χ0v) is 19.8. The number of nitrogens with zero attached hydrogens (tertiary/aromatic N) is 2. The number of hydrogen-bond donors (Lipinski definition) is 0. The van der Waals surface area contributed by atoms with Crippen LogP contribution in [-0.4, -0.2) is 42.2 Å². The quantitative estimate of drug-likeness (QED) is 0.420. The minimum atomic E-state index is -4.92. The first kappa shape index (κ1) is 26.5. The topological polar surface area (TPSA) is 32.8 Å². The van der Waals surface area contributed by atoms with Gasteiger partial charge in [0.2, 0.25) is 5.91 Å². The summed E-state index contributed by atoms with van der Waals surface area (Å²) >= 11 is 0. The van der Waals surface area contributed by atoms with Gasteiger partial charge >= 0.3 is 12.4 Å². The third-order valence-electron chi connectivity index (χ3n) is 7.16. The normalized spacial score (nSPS) is 20.1. The van der Waals surface area contributed by atoms with E-state index in [-0.39, 0.29) is 24.1 Å². The van der Waals surface area contributed by atoms with Crippen molar-refractivity contribution in [1.82, 2.24) is 10.0 Å². The van der Waals surface area contributed by atoms with Crippen molar-refractivity contribution >= 4 is 5.91 Å². The van der Waals surface area contributed by atoms with Crippen molar-refractivity contribution in [1.29, 1.82) is 0 Å². The van der Waals surface area contributed by atoms with Crippen LogP contribution < -0.4 is 0 Å². The van der Waals surface area contributed by atoms with Gasteiger partial charge in [0.15, 0.2) is 0 Å². The molecule has 0 N–H and O–H groups in total. The maximum Gasteiger partial charge on any atom is 0.416 e. The van der Waals surface area contributed by atoms with Crippen molar-refractivity contribution in [3.8, 4) is 0 Å². The molecule has 0 aromatic heterocycles. The van der Waals surface area contributed by atoms with E-state index in [1.165, 1.54) is 6.92 Å². The second-order valence-corrected chi connectivity index (χ2v) is 9.51. The standard InChI is InChI=1S/C26H28F6N2O2/c1-18(19-14-21(25(27,28)29)16-22(15-19)26(30,31)32)36-17-24(20-6-3-2-4-7-20)9-12-33(13-10-24)34-11-5-8-23(34)35/h2-4,6-7,14-16,18H,5,8-13,17H2,1H3/t18-/m1/s1. The summed E-state index contributed by atoms with van der Waals surface area (Å²) in [5.74, 6) is 0.0945. The SMILES string of the molecule is C[C@@H](OCC1(c2ccccc2)CCN(N2CCCC2=O)CC1)c1cc(C(F)(F)F)cc(C(F)(F)F)c1. The first-order chi connectivity index (χ1) is 16.9. The summed E-state index contributed by atoms with van der Waals surface area (Å²) in [7, 11) is 0. The highest BCUT2D eigenvalue weighted by molar-refractivity contribution is 5.77. The van der Waals surface area contributed by atoms with E-state index in [1.54, 1.807) is 5.01 Å². The number of alkyl halides is 6. The molecule has 2 heterocycles. The summed E-state index contributed by atoms with van der Waals surface area (Å²) < 4.78 is 85.9. The monoisotopic (exact) mass is 514 g/mol. The number of carbonyl (C=O) groups excluding carboxylic acids is 1. The number of benzene rings is 2. The minimum absolute atomic E-state index is 0.0945. The van der Waals surface area contributed by atoms with Gasteiger partial charge in [0.05, 0.1) is 23.8 Å². The summed E-state index contributed by atoms with van der Waals surface area (Å²) in [6.45, 7) is 3.46. The van der Waals surface area contributed by atoms with Crippen LogP contribution in [0, 0.1) is 0 Å². The van der Waals surface area contributed by atoms with E-state index in [1.807, 2.05) is 35.3 Å². The second-order valence-electron chi connectivity index (χ2n) is 9.51. The Morgan fingerprint density at radius 2 is 1.50 bits per heavy atom. The van der Waals surface area contributed by atoms with Crippen molar-refractivity contribution in [2.75, 3.05) is 26.2 Å². The van der Waals surface area contributed by atoms with Gasteiger partial charge in [-0.05, 0) is 55.5 Å². The molecule has 0 saturated carbocycles. The second kappa shape index (κ2) is 10.0. The molecule has 2 aromatic rings. The van der Waals surface area contributed by atoms with Crippen molar-refractivity contribution in [3.05, 3.63) is 70.8 Å². The molecule has 10 heteroatoms. The van der Waals surface area contributed by atoms with Gasteiger partial charge in [-0.25, -0.2) is 5.01 Å². The van der Waals surface area contributed by atoms with Gasteiger partial charge in [0, 0.05) is 31.5 Å². The summed E-state index contributed by atoms with van der Waals surface area (Å²) in [6, 6.07) is 11.1. The van der Waals surface area contributed by atoms with Crippen LogP contribution in [-0.2, 0) is 27.3 Å². The zero-order valence-electron chi connectivity index (χ0n) is 19.8. The lowest BCUT2D eigenvalue weighted by molar-refractivity contribution is -0.147. The lowest BCUT2D eigenvalue weighted by Gasteiger charge is -2.45. The molecule has 2 saturated heterocycles. The molecule has 0 unspecified atom stereocenters. The fourth-order valence-corrected chi connectivity index (χ4v) is 5.00. The Hall–Kier alpha value is -2.59. The molecule has 36 heavy (non-hydrogen) atoms. The van der Waals surface area contributed by atoms with E-state index in [0.717, 1.165) is 24.1 Å². The number of hydrogen-bond acceptors (Lipinski definition) is 3. The maximum atomic E-state index is 13.3. The summed E-state index contributed by atoms with van der Waals surface area (Å²) in [5.41, 5.74) is -2.39. The third kappa shape index (κ3) is 5.70. The van der Waals surface area contributed by atoms with Gasteiger partial charge in [0.1, 0.15) is 0 Å². The molecular formula is C26H28F6N2O2. The number of amides is 1. The number of halogens is 6. The van der Waals surface area contributed by atoms with Gasteiger partial charge in [-0.15, -0.1) is 0 Å². The molecule has 2 aromatic carbocycles. The first-order valence-electron chi connectivity index (χ1n) is 11.9. The van der Waals surface area contributed by atoms with E-state index in [4.69, 9.17) is 4.74 Å². The highest BCUT2D eigenvalue weighted by atomic mass is 19.4. The predicted octanol–water partition coefficient (Wildman–Crippen LogP) is 6.37. The van der Waals surface area contributed by atoms with Crippen LogP contribution in [0.2, 0.25) is 0 Å². The van der Waals surface area contributed by atoms with Crippen LogP contribution in [0.4, 0.5) is 26.3 Å². The lowest BCUT2D eigenvalue weighted by atomic mass is 9.73. The Morgan fingerprint density at radius 3 is 2.00 bits per heavy atom. The number of carbonyl (C=O) groups is 1. The van der Waals surface area contributed by atoms with Crippen LogP contribution >= 0.6 is 0 Å². The van der Waals surface area contributed by atoms with Crippen molar-refractivity contribution in [3.63, 3.8) is 0 Å². The van der Waals surface area contributed by atoms with Crippen LogP contribution in [0.15, 0.2) is 48.5 Å². The molecule has 4 nitrogen and oxygen atoms in total. The van der Waals surface area contributed by atoms with Crippen LogP contribution in [0.1, 0.15) is 61.0 Å². The Labute approximate surface area is 205 Å². The molecule has 2 aliphatic heterocycles. The average molecular weight is 515 g/mol. The molecule has 1 atom stereocenters. The van der Waals surface area contributed by atoms with Gasteiger partial charge in [-0.3, -0.25) is 9.80 Å². The van der Waals surface area contributed by atoms with Crippen molar-refractivity contribution in [2.45, 2.75) is 56.5 Å². The highest BCUT2D eigenvalue weighted by Crippen LogP contribution is 2.40. The molecule has 0 aliphatic carbocycles. The average Bonchev–Trinajstić information content (AvgIpc) is 3.27. The number of ether oxygens (including phenoxy) is 1. The Kier molecular flexibility index (Phi) is 7.39. The Morgan fingerprint density at radius 1 is 0.917 bits per heavy atom. The first-order valence-corrected chi connectivity index (χ1v) is 11.9. The molecule has 1 amide bonds. The Bertz CT molecular complexity index is 1030. The van der Waals surface area contributed by atoms with E-state index in [0.29, 0.717) is 38.9 Å². The number of piperidine rings is 1. The van der Waals surface area contributed by atoms with E-state index < -0.39 is 35.0 Å². The molecule has 0 spiro atoms. The molecule has 2 aliphatic rings.